The normalized spacial score (nSPS) is 41.7. The van der Waals surface area contributed by atoms with Gasteiger partial charge >= 0.3 is 5.97 Å². The van der Waals surface area contributed by atoms with E-state index in [0.717, 1.165) is 12.8 Å². The molecular weight excluding hydrogens is 272 g/mol. The molecule has 0 N–H and O–H groups in total. The summed E-state index contributed by atoms with van der Waals surface area (Å²) in [4.78, 5) is 12.1. The molecule has 3 fully saturated rings. The zero-order chi connectivity index (χ0) is 15.0. The summed E-state index contributed by atoms with van der Waals surface area (Å²) in [5.74, 6) is 0.319. The van der Waals surface area contributed by atoms with Gasteiger partial charge in [0.15, 0.2) is 6.29 Å². The summed E-state index contributed by atoms with van der Waals surface area (Å²) in [5, 5.41) is 0. The van der Waals surface area contributed by atoms with E-state index in [1.807, 2.05) is 0 Å². The van der Waals surface area contributed by atoms with E-state index < -0.39 is 12.1 Å². The number of rotatable bonds is 2. The molecule has 0 aromatic carbocycles. The highest BCUT2D eigenvalue weighted by atomic mass is 16.8. The lowest BCUT2D eigenvalue weighted by molar-refractivity contribution is -0.333. The van der Waals surface area contributed by atoms with Crippen LogP contribution in [0.25, 0.3) is 0 Å². The van der Waals surface area contributed by atoms with Crippen LogP contribution in [0.3, 0.4) is 0 Å². The fourth-order valence-electron chi connectivity index (χ4n) is 3.69. The van der Waals surface area contributed by atoms with Gasteiger partial charge in [-0.3, -0.25) is 4.79 Å². The van der Waals surface area contributed by atoms with Crippen molar-refractivity contribution in [3.63, 3.8) is 0 Å². The average molecular weight is 298 g/mol. The third kappa shape index (κ3) is 2.96. The first-order chi connectivity index (χ1) is 10.00. The van der Waals surface area contributed by atoms with Crippen LogP contribution in [0.1, 0.15) is 46.5 Å². The number of carbonyl (C=O) groups is 1. The molecule has 0 unspecified atom stereocenters. The second-order valence-corrected chi connectivity index (χ2v) is 6.94. The van der Waals surface area contributed by atoms with Gasteiger partial charge in [0, 0.05) is 12.3 Å². The summed E-state index contributed by atoms with van der Waals surface area (Å²) in [6.07, 6.45) is 2.41. The summed E-state index contributed by atoms with van der Waals surface area (Å²) in [5.41, 5.74) is 0. The Bertz CT molecular complexity index is 390. The smallest absolute Gasteiger partial charge is 0.311 e. The summed E-state index contributed by atoms with van der Waals surface area (Å²) >= 11 is 0. The Morgan fingerprint density at radius 3 is 2.57 bits per heavy atom. The fourth-order valence-corrected chi connectivity index (χ4v) is 3.69. The van der Waals surface area contributed by atoms with Crippen molar-refractivity contribution < 1.29 is 23.7 Å². The third-order valence-electron chi connectivity index (χ3n) is 5.17. The minimum Gasteiger partial charge on any atom is -0.433 e. The minimum atomic E-state index is -0.789. The van der Waals surface area contributed by atoms with Crippen LogP contribution in [-0.2, 0) is 23.7 Å². The van der Waals surface area contributed by atoms with E-state index in [2.05, 4.69) is 20.8 Å². The quantitative estimate of drug-likeness (QED) is 0.733. The lowest BCUT2D eigenvalue weighted by atomic mass is 9.73. The van der Waals surface area contributed by atoms with Crippen LogP contribution < -0.4 is 0 Å². The maximum atomic E-state index is 12.1. The van der Waals surface area contributed by atoms with E-state index >= 15 is 0 Å². The van der Waals surface area contributed by atoms with Crippen LogP contribution in [0.4, 0.5) is 0 Å². The molecule has 5 heteroatoms. The van der Waals surface area contributed by atoms with Crippen LogP contribution in [-0.4, -0.2) is 37.4 Å². The van der Waals surface area contributed by atoms with Gasteiger partial charge in [0.05, 0.1) is 19.6 Å². The van der Waals surface area contributed by atoms with Gasteiger partial charge in [0.1, 0.15) is 6.10 Å². The van der Waals surface area contributed by atoms with Crippen molar-refractivity contribution in [2.24, 2.45) is 17.8 Å². The topological polar surface area (TPSA) is 54.0 Å². The number of hydrogen-bond acceptors (Lipinski definition) is 5. The van der Waals surface area contributed by atoms with E-state index in [0.29, 0.717) is 25.0 Å². The number of esters is 1. The summed E-state index contributed by atoms with van der Waals surface area (Å²) < 4.78 is 23.1. The average Bonchev–Trinajstić information content (AvgIpc) is 2.95. The largest absolute Gasteiger partial charge is 0.433 e. The molecule has 2 saturated heterocycles. The van der Waals surface area contributed by atoms with Crippen LogP contribution in [0.5, 0.6) is 0 Å². The van der Waals surface area contributed by atoms with Gasteiger partial charge in [-0.05, 0) is 24.7 Å². The molecule has 4 atom stereocenters. The van der Waals surface area contributed by atoms with Crippen LogP contribution in [0.15, 0.2) is 0 Å². The van der Waals surface area contributed by atoms with E-state index in [4.69, 9.17) is 18.9 Å². The summed E-state index contributed by atoms with van der Waals surface area (Å²) in [6.45, 7) is 7.69. The predicted molar refractivity (Wildman–Crippen MR) is 75.3 cm³/mol. The standard InChI is InChI=1S/C16H26O5/c1-10(2)12-5-4-11(3)16(9-12)20-13(8-14(17)21-16)15-18-6-7-19-15/h10-13,15H,4-9H2,1-3H3/t11-,12-,13+,16-/m1/s1. The first-order valence-corrected chi connectivity index (χ1v) is 8.13. The molecule has 1 spiro atoms. The Labute approximate surface area is 126 Å². The van der Waals surface area contributed by atoms with Crippen molar-refractivity contribution in [2.45, 2.75) is 64.6 Å². The van der Waals surface area contributed by atoms with Gasteiger partial charge < -0.3 is 18.9 Å². The maximum absolute atomic E-state index is 12.1. The molecule has 0 aromatic heterocycles. The predicted octanol–water partition coefficient (Wildman–Crippen LogP) is 2.48. The Morgan fingerprint density at radius 2 is 1.90 bits per heavy atom. The van der Waals surface area contributed by atoms with E-state index in [1.165, 1.54) is 6.42 Å². The van der Waals surface area contributed by atoms with Crippen LogP contribution in [0.2, 0.25) is 0 Å². The third-order valence-corrected chi connectivity index (χ3v) is 5.17. The molecule has 3 aliphatic rings. The Morgan fingerprint density at radius 1 is 1.19 bits per heavy atom. The molecule has 0 amide bonds. The van der Waals surface area contributed by atoms with Crippen LogP contribution >= 0.6 is 0 Å². The zero-order valence-electron chi connectivity index (χ0n) is 13.2. The summed E-state index contributed by atoms with van der Waals surface area (Å²) in [7, 11) is 0. The first kappa shape index (κ1) is 15.3. The van der Waals surface area contributed by atoms with Crippen LogP contribution in [0, 0.1) is 17.8 Å². The van der Waals surface area contributed by atoms with Crippen molar-refractivity contribution in [2.75, 3.05) is 13.2 Å². The molecule has 5 nitrogen and oxygen atoms in total. The molecule has 0 aromatic rings. The van der Waals surface area contributed by atoms with Gasteiger partial charge in [0.2, 0.25) is 5.79 Å². The van der Waals surface area contributed by atoms with Crippen molar-refractivity contribution in [3.05, 3.63) is 0 Å². The summed E-state index contributed by atoms with van der Waals surface area (Å²) in [6, 6.07) is 0. The van der Waals surface area contributed by atoms with Gasteiger partial charge in [-0.25, -0.2) is 0 Å². The molecule has 2 aliphatic heterocycles. The number of hydrogen-bond donors (Lipinski definition) is 0. The van der Waals surface area contributed by atoms with Crippen molar-refractivity contribution in [1.82, 2.24) is 0 Å². The van der Waals surface area contributed by atoms with E-state index in [9.17, 15) is 4.79 Å². The molecule has 3 rings (SSSR count). The number of ether oxygens (including phenoxy) is 4. The van der Waals surface area contributed by atoms with Gasteiger partial charge in [0.25, 0.3) is 0 Å². The highest BCUT2D eigenvalue weighted by molar-refractivity contribution is 5.71. The Balaban J connectivity index is 1.78. The molecule has 1 saturated carbocycles. The Kier molecular flexibility index (Phi) is 4.26. The molecular formula is C16H26O5. The van der Waals surface area contributed by atoms with Gasteiger partial charge in [-0.1, -0.05) is 20.8 Å². The molecule has 21 heavy (non-hydrogen) atoms. The van der Waals surface area contributed by atoms with E-state index in [-0.39, 0.29) is 24.4 Å². The fraction of sp³-hybridized carbons (Fsp3) is 0.938. The second-order valence-electron chi connectivity index (χ2n) is 6.94. The number of carbonyl (C=O) groups excluding carboxylic acids is 1. The van der Waals surface area contributed by atoms with Crippen molar-refractivity contribution in [1.29, 1.82) is 0 Å². The SMILES string of the molecule is CC(C)[C@@H]1CC[C@@H](C)[C@@]2(C1)OC(=O)C[C@@H](C1OCCO1)O2. The molecule has 0 radical (unpaired) electrons. The highest BCUT2D eigenvalue weighted by Crippen LogP contribution is 2.46. The molecule has 120 valence electrons. The highest BCUT2D eigenvalue weighted by Gasteiger charge is 2.53. The minimum absolute atomic E-state index is 0.193. The van der Waals surface area contributed by atoms with Crippen molar-refractivity contribution in [3.8, 4) is 0 Å². The van der Waals surface area contributed by atoms with E-state index in [1.54, 1.807) is 0 Å². The lowest BCUT2D eigenvalue weighted by Crippen LogP contribution is -2.56. The lowest BCUT2D eigenvalue weighted by Gasteiger charge is -2.49. The Hall–Kier alpha value is -0.650. The first-order valence-electron chi connectivity index (χ1n) is 8.13. The maximum Gasteiger partial charge on any atom is 0.311 e. The zero-order valence-corrected chi connectivity index (χ0v) is 13.2. The van der Waals surface area contributed by atoms with Crippen molar-refractivity contribution >= 4 is 5.97 Å². The molecule has 0 bridgehead atoms. The van der Waals surface area contributed by atoms with Gasteiger partial charge in [-0.2, -0.15) is 0 Å². The monoisotopic (exact) mass is 298 g/mol. The molecule has 2 heterocycles. The van der Waals surface area contributed by atoms with Gasteiger partial charge in [-0.15, -0.1) is 0 Å². The second kappa shape index (κ2) is 5.86. The molecule has 1 aliphatic carbocycles.